The highest BCUT2D eigenvalue weighted by Gasteiger charge is 2.47. The van der Waals surface area contributed by atoms with E-state index < -0.39 is 0 Å². The minimum atomic E-state index is -0.0892. The first-order valence-electron chi connectivity index (χ1n) is 16.6. The van der Waals surface area contributed by atoms with Crippen molar-refractivity contribution in [3.05, 3.63) is 93.5 Å². The van der Waals surface area contributed by atoms with Gasteiger partial charge in [-0.3, -0.25) is 14.5 Å². The fraction of sp³-hybridized carbons (Fsp3) is 0.342. The van der Waals surface area contributed by atoms with Gasteiger partial charge >= 0.3 is 0 Å². The number of benzene rings is 3. The Morgan fingerprint density at radius 2 is 1.63 bits per heavy atom. The smallest absolute Gasteiger partial charge is 0.220 e. The Balaban J connectivity index is 1.10. The van der Waals surface area contributed by atoms with Crippen LogP contribution in [0, 0.1) is 0 Å². The number of hydrogen-bond donors (Lipinski definition) is 4. The number of amides is 2. The second-order valence-electron chi connectivity index (χ2n) is 13.2. The molecular formula is C38H39Cl2N5O4. The van der Waals surface area contributed by atoms with E-state index >= 15 is 0 Å². The van der Waals surface area contributed by atoms with E-state index in [1.165, 1.54) is 0 Å². The Kier molecular flexibility index (Phi) is 9.64. The minimum Gasteiger partial charge on any atom is -0.481 e. The van der Waals surface area contributed by atoms with E-state index in [9.17, 15) is 14.7 Å². The third kappa shape index (κ3) is 6.91. The van der Waals surface area contributed by atoms with Crippen molar-refractivity contribution in [3.8, 4) is 39.4 Å². The predicted octanol–water partition coefficient (Wildman–Crippen LogP) is 5.72. The molecule has 0 radical (unpaired) electrons. The van der Waals surface area contributed by atoms with Gasteiger partial charge in [0.1, 0.15) is 0 Å². The van der Waals surface area contributed by atoms with Crippen LogP contribution in [0.15, 0.2) is 66.7 Å². The van der Waals surface area contributed by atoms with Gasteiger partial charge in [0, 0.05) is 79.4 Å². The van der Waals surface area contributed by atoms with E-state index in [-0.39, 0.29) is 30.0 Å². The molecule has 3 aliphatic rings. The normalized spacial score (nSPS) is 18.4. The van der Waals surface area contributed by atoms with Gasteiger partial charge in [0.15, 0.2) is 0 Å². The van der Waals surface area contributed by atoms with Gasteiger partial charge in [0.2, 0.25) is 17.7 Å². The highest BCUT2D eigenvalue weighted by atomic mass is 35.5. The van der Waals surface area contributed by atoms with Gasteiger partial charge in [-0.1, -0.05) is 77.8 Å². The minimum absolute atomic E-state index is 0.0806. The van der Waals surface area contributed by atoms with Gasteiger partial charge < -0.3 is 25.8 Å². The zero-order chi connectivity index (χ0) is 34.1. The second-order valence-corrected chi connectivity index (χ2v) is 14.0. The Morgan fingerprint density at radius 1 is 0.918 bits per heavy atom. The number of hydrogen-bond acceptors (Lipinski definition) is 7. The molecule has 2 amide bonds. The maximum absolute atomic E-state index is 11.7. The van der Waals surface area contributed by atoms with Crippen LogP contribution in [0.3, 0.4) is 0 Å². The largest absolute Gasteiger partial charge is 0.481 e. The summed E-state index contributed by atoms with van der Waals surface area (Å²) >= 11 is 14.2. The highest BCUT2D eigenvalue weighted by molar-refractivity contribution is 6.39. The number of pyridine rings is 1. The first-order valence-corrected chi connectivity index (χ1v) is 17.4. The van der Waals surface area contributed by atoms with Crippen LogP contribution in [0.1, 0.15) is 42.4 Å². The summed E-state index contributed by atoms with van der Waals surface area (Å²) in [5.74, 6) is 0.737. The highest BCUT2D eigenvalue weighted by Crippen LogP contribution is 2.43. The number of carbonyl (C=O) groups excluding carboxylic acids is 2. The van der Waals surface area contributed by atoms with Gasteiger partial charge in [-0.05, 0) is 41.7 Å². The molecule has 0 unspecified atom stereocenters. The predicted molar refractivity (Wildman–Crippen MR) is 191 cm³/mol. The number of ether oxygens (including phenoxy) is 1. The number of nitrogens with one attached hydrogen (secondary N) is 3. The molecule has 254 valence electrons. The lowest BCUT2D eigenvalue weighted by atomic mass is 9.87. The van der Waals surface area contributed by atoms with Gasteiger partial charge in [-0.2, -0.15) is 0 Å². The summed E-state index contributed by atoms with van der Waals surface area (Å²) in [6.45, 7) is 3.50. The number of aliphatic hydroxyl groups is 1. The maximum atomic E-state index is 11.7. The molecule has 0 saturated carbocycles. The maximum Gasteiger partial charge on any atom is 0.220 e. The van der Waals surface area contributed by atoms with Crippen LogP contribution in [0.5, 0.6) is 5.88 Å². The molecule has 9 nitrogen and oxygen atoms in total. The Labute approximate surface area is 296 Å². The van der Waals surface area contributed by atoms with Crippen LogP contribution in [0.25, 0.3) is 33.5 Å². The van der Waals surface area contributed by atoms with Crippen LogP contribution < -0.4 is 20.7 Å². The summed E-state index contributed by atoms with van der Waals surface area (Å²) in [5.41, 5.74) is 7.47. The Bertz CT molecular complexity index is 1910. The molecule has 1 atom stereocenters. The summed E-state index contributed by atoms with van der Waals surface area (Å²) in [6, 6.07) is 21.9. The molecule has 4 heterocycles. The van der Waals surface area contributed by atoms with Gasteiger partial charge in [0.25, 0.3) is 0 Å². The zero-order valence-electron chi connectivity index (χ0n) is 27.3. The van der Waals surface area contributed by atoms with E-state index in [4.69, 9.17) is 32.9 Å². The molecule has 4 aromatic rings. The first-order chi connectivity index (χ1) is 23.8. The number of halogens is 2. The average Bonchev–Trinajstić information content (AvgIpc) is 3.70. The van der Waals surface area contributed by atoms with Crippen molar-refractivity contribution < 1.29 is 19.4 Å². The molecule has 3 aliphatic heterocycles. The SMILES string of the molecule is COc1nc(-c2cccc(-c3cccc(-c4ccc(CN5CC6(CCC(=O)N6)C5)c(CO)c4)c3Cl)c2Cl)ccc1CNC[C@@H]1CCC(=O)N1. The van der Waals surface area contributed by atoms with Crippen LogP contribution in [-0.4, -0.2) is 65.1 Å². The standard InChI is InChI=1S/C38H39Cl2N5O4/c1-49-37-24(17-41-18-27-11-13-33(47)42-27)10-12-32(43-37)31-7-3-6-30(36(31)40)29-5-2-4-28(35(29)39)23-8-9-25(26(16-23)20-46)19-45-21-38(22-45)15-14-34(48)44-38/h2-10,12,16,27,41,46H,11,13-15,17-22H2,1H3,(H,42,47)(H,44,48)/t27-/m0/s1. The van der Waals surface area contributed by atoms with Crippen molar-refractivity contribution in [3.63, 3.8) is 0 Å². The number of rotatable bonds is 11. The van der Waals surface area contributed by atoms with E-state index in [2.05, 4.69) is 26.9 Å². The van der Waals surface area contributed by atoms with Crippen molar-refractivity contribution in [1.82, 2.24) is 25.8 Å². The second kappa shape index (κ2) is 14.1. The fourth-order valence-electron chi connectivity index (χ4n) is 7.31. The molecule has 0 bridgehead atoms. The third-order valence-electron chi connectivity index (χ3n) is 9.86. The van der Waals surface area contributed by atoms with Gasteiger partial charge in [-0.25, -0.2) is 4.98 Å². The van der Waals surface area contributed by atoms with Crippen LogP contribution >= 0.6 is 23.2 Å². The number of aromatic nitrogens is 1. The van der Waals surface area contributed by atoms with Crippen LogP contribution in [-0.2, 0) is 29.3 Å². The zero-order valence-corrected chi connectivity index (χ0v) is 28.8. The summed E-state index contributed by atoms with van der Waals surface area (Å²) in [5, 5.41) is 20.9. The summed E-state index contributed by atoms with van der Waals surface area (Å²) < 4.78 is 5.65. The lowest BCUT2D eigenvalue weighted by molar-refractivity contribution is -0.121. The molecule has 7 rings (SSSR count). The molecule has 3 aromatic carbocycles. The molecule has 3 fully saturated rings. The lowest BCUT2D eigenvalue weighted by Crippen LogP contribution is -2.66. The number of likely N-dealkylation sites (tertiary alicyclic amines) is 1. The molecule has 11 heteroatoms. The monoisotopic (exact) mass is 699 g/mol. The topological polar surface area (TPSA) is 116 Å². The summed E-state index contributed by atoms with van der Waals surface area (Å²) in [6.07, 6.45) is 2.89. The Hall–Kier alpha value is -3.99. The number of carbonyl (C=O) groups is 2. The Morgan fingerprint density at radius 3 is 2.31 bits per heavy atom. The van der Waals surface area contributed by atoms with Gasteiger partial charge in [-0.15, -0.1) is 0 Å². The van der Waals surface area contributed by atoms with Crippen molar-refractivity contribution in [1.29, 1.82) is 0 Å². The summed E-state index contributed by atoms with van der Waals surface area (Å²) in [7, 11) is 1.60. The van der Waals surface area contributed by atoms with E-state index in [1.54, 1.807) is 7.11 Å². The van der Waals surface area contributed by atoms with Crippen molar-refractivity contribution in [2.45, 2.75) is 57.0 Å². The molecule has 1 aromatic heterocycles. The van der Waals surface area contributed by atoms with Crippen LogP contribution in [0.2, 0.25) is 10.0 Å². The molecule has 3 saturated heterocycles. The van der Waals surface area contributed by atoms with Crippen molar-refractivity contribution >= 4 is 35.0 Å². The van der Waals surface area contributed by atoms with Crippen molar-refractivity contribution in [2.75, 3.05) is 26.7 Å². The van der Waals surface area contributed by atoms with E-state index in [1.807, 2.05) is 60.7 Å². The number of nitrogens with zero attached hydrogens (tertiary/aromatic N) is 2. The van der Waals surface area contributed by atoms with Gasteiger partial charge in [0.05, 0.1) is 35.0 Å². The number of aliphatic hydroxyl groups excluding tert-OH is 1. The first kappa shape index (κ1) is 33.5. The molecule has 4 N–H and O–H groups in total. The lowest BCUT2D eigenvalue weighted by Gasteiger charge is -2.48. The van der Waals surface area contributed by atoms with Crippen LogP contribution in [0.4, 0.5) is 0 Å². The summed E-state index contributed by atoms with van der Waals surface area (Å²) in [4.78, 5) is 30.3. The quantitative estimate of drug-likeness (QED) is 0.158. The van der Waals surface area contributed by atoms with Crippen molar-refractivity contribution in [2.24, 2.45) is 0 Å². The number of methoxy groups -OCH3 is 1. The van der Waals surface area contributed by atoms with E-state index in [0.29, 0.717) is 54.1 Å². The molecule has 1 spiro atoms. The molecule has 0 aliphatic carbocycles. The fourth-order valence-corrected chi connectivity index (χ4v) is 7.97. The molecule has 49 heavy (non-hydrogen) atoms. The third-order valence-corrected chi connectivity index (χ3v) is 10.7. The molecular weight excluding hydrogens is 661 g/mol. The average molecular weight is 701 g/mol. The van der Waals surface area contributed by atoms with E-state index in [0.717, 1.165) is 70.4 Å².